The van der Waals surface area contributed by atoms with E-state index < -0.39 is 0 Å². The van der Waals surface area contributed by atoms with Crippen molar-refractivity contribution in [2.24, 2.45) is 0 Å². The quantitative estimate of drug-likeness (QED) is 0.782. The molecular weight excluding hydrogens is 266 g/mol. The van der Waals surface area contributed by atoms with Crippen LogP contribution < -0.4 is 10.9 Å². The summed E-state index contributed by atoms with van der Waals surface area (Å²) in [6, 6.07) is 11.1. The maximum atomic E-state index is 12.0. The summed E-state index contributed by atoms with van der Waals surface area (Å²) in [7, 11) is 0. The number of nitrogens with one attached hydrogen (secondary N) is 1. The number of hydrogen-bond acceptors (Lipinski definition) is 4. The van der Waals surface area contributed by atoms with E-state index in [1.807, 2.05) is 30.3 Å². The molecule has 0 aliphatic heterocycles. The van der Waals surface area contributed by atoms with Crippen LogP contribution >= 0.6 is 0 Å². The standard InChI is InChI=1S/C16H17N3O2/c1-12(7-8-13-5-4-10-21-13)17-14-11-16(20)19-9-3-2-6-15(19)18-14/h2-6,9-12,17H,7-8H2,1H3/t12-/m1/s1. The van der Waals surface area contributed by atoms with Crippen molar-refractivity contribution >= 4 is 11.5 Å². The lowest BCUT2D eigenvalue weighted by molar-refractivity contribution is 0.495. The van der Waals surface area contributed by atoms with Gasteiger partial charge in [0.1, 0.15) is 17.2 Å². The molecule has 3 heterocycles. The zero-order chi connectivity index (χ0) is 14.7. The van der Waals surface area contributed by atoms with Crippen molar-refractivity contribution < 1.29 is 4.42 Å². The highest BCUT2D eigenvalue weighted by molar-refractivity contribution is 5.46. The number of pyridine rings is 1. The summed E-state index contributed by atoms with van der Waals surface area (Å²) in [5.74, 6) is 1.58. The predicted octanol–water partition coefficient (Wildman–Crippen LogP) is 2.72. The molecule has 0 aromatic carbocycles. The molecule has 0 bridgehead atoms. The van der Waals surface area contributed by atoms with E-state index in [0.717, 1.165) is 18.6 Å². The molecule has 0 saturated carbocycles. The molecule has 5 heteroatoms. The van der Waals surface area contributed by atoms with Gasteiger partial charge in [0.25, 0.3) is 5.56 Å². The molecule has 3 aromatic heterocycles. The number of aromatic nitrogens is 2. The number of rotatable bonds is 5. The summed E-state index contributed by atoms with van der Waals surface area (Å²) < 4.78 is 6.84. The van der Waals surface area contributed by atoms with E-state index in [9.17, 15) is 4.79 Å². The van der Waals surface area contributed by atoms with Crippen LogP contribution in [0, 0.1) is 0 Å². The molecule has 3 rings (SSSR count). The van der Waals surface area contributed by atoms with Gasteiger partial charge in [0.05, 0.1) is 6.26 Å². The van der Waals surface area contributed by atoms with Crippen LogP contribution in [0.4, 0.5) is 5.82 Å². The maximum absolute atomic E-state index is 12.0. The molecule has 108 valence electrons. The first-order chi connectivity index (χ1) is 10.2. The van der Waals surface area contributed by atoms with E-state index in [4.69, 9.17) is 4.42 Å². The number of fused-ring (bicyclic) bond motifs is 1. The van der Waals surface area contributed by atoms with Gasteiger partial charge in [-0.15, -0.1) is 0 Å². The Balaban J connectivity index is 1.71. The van der Waals surface area contributed by atoms with Crippen LogP contribution in [0.1, 0.15) is 19.1 Å². The van der Waals surface area contributed by atoms with Crippen LogP contribution in [0.2, 0.25) is 0 Å². The smallest absolute Gasteiger partial charge is 0.259 e. The highest BCUT2D eigenvalue weighted by Gasteiger charge is 2.07. The summed E-state index contributed by atoms with van der Waals surface area (Å²) in [4.78, 5) is 16.4. The molecule has 21 heavy (non-hydrogen) atoms. The average Bonchev–Trinajstić information content (AvgIpc) is 2.98. The highest BCUT2D eigenvalue weighted by atomic mass is 16.3. The molecule has 1 N–H and O–H groups in total. The molecule has 5 nitrogen and oxygen atoms in total. The summed E-state index contributed by atoms with van der Waals surface area (Å²) in [5, 5.41) is 3.27. The van der Waals surface area contributed by atoms with Crippen LogP contribution in [0.3, 0.4) is 0 Å². The third kappa shape index (κ3) is 3.13. The van der Waals surface area contributed by atoms with Crippen molar-refractivity contribution in [2.75, 3.05) is 5.32 Å². The van der Waals surface area contributed by atoms with Gasteiger partial charge in [0, 0.05) is 24.7 Å². The molecule has 0 unspecified atom stereocenters. The first-order valence-corrected chi connectivity index (χ1v) is 7.00. The van der Waals surface area contributed by atoms with E-state index >= 15 is 0 Å². The third-order valence-corrected chi connectivity index (χ3v) is 3.37. The van der Waals surface area contributed by atoms with Gasteiger partial charge in [-0.2, -0.15) is 0 Å². The summed E-state index contributed by atoms with van der Waals surface area (Å²) >= 11 is 0. The van der Waals surface area contributed by atoms with Crippen molar-refractivity contribution in [2.45, 2.75) is 25.8 Å². The Morgan fingerprint density at radius 1 is 1.33 bits per heavy atom. The SMILES string of the molecule is C[C@H](CCc1ccco1)Nc1cc(=O)n2ccccc2n1. The molecule has 0 aliphatic rings. The fourth-order valence-electron chi connectivity index (χ4n) is 2.27. The van der Waals surface area contributed by atoms with Gasteiger partial charge in [-0.3, -0.25) is 9.20 Å². The van der Waals surface area contributed by atoms with E-state index in [1.165, 1.54) is 10.5 Å². The van der Waals surface area contributed by atoms with Crippen LogP contribution in [-0.2, 0) is 6.42 Å². The summed E-state index contributed by atoms with van der Waals surface area (Å²) in [6.45, 7) is 2.07. The van der Waals surface area contributed by atoms with E-state index in [-0.39, 0.29) is 11.6 Å². The van der Waals surface area contributed by atoms with Crippen LogP contribution in [0.5, 0.6) is 0 Å². The van der Waals surface area contributed by atoms with Gasteiger partial charge in [-0.1, -0.05) is 6.07 Å². The number of nitrogens with zero attached hydrogens (tertiary/aromatic N) is 2. The van der Waals surface area contributed by atoms with Gasteiger partial charge in [-0.25, -0.2) is 4.98 Å². The van der Waals surface area contributed by atoms with E-state index in [2.05, 4.69) is 17.2 Å². The maximum Gasteiger partial charge on any atom is 0.259 e. The lowest BCUT2D eigenvalue weighted by Gasteiger charge is -2.14. The van der Waals surface area contributed by atoms with Crippen molar-refractivity contribution in [1.82, 2.24) is 9.38 Å². The Hall–Kier alpha value is -2.56. The Bertz CT molecular complexity index is 778. The Morgan fingerprint density at radius 2 is 2.24 bits per heavy atom. The van der Waals surface area contributed by atoms with Gasteiger partial charge >= 0.3 is 0 Å². The minimum Gasteiger partial charge on any atom is -0.469 e. The Labute approximate surface area is 122 Å². The number of anilines is 1. The van der Waals surface area contributed by atoms with Crippen molar-refractivity contribution in [3.63, 3.8) is 0 Å². The minimum atomic E-state index is -0.0821. The Morgan fingerprint density at radius 3 is 3.05 bits per heavy atom. The van der Waals surface area contributed by atoms with Crippen LogP contribution in [0.15, 0.2) is 58.1 Å². The lowest BCUT2D eigenvalue weighted by Crippen LogP contribution is -2.21. The third-order valence-electron chi connectivity index (χ3n) is 3.37. The highest BCUT2D eigenvalue weighted by Crippen LogP contribution is 2.10. The average molecular weight is 283 g/mol. The zero-order valence-electron chi connectivity index (χ0n) is 11.8. The molecule has 0 radical (unpaired) electrons. The fraction of sp³-hybridized carbons (Fsp3) is 0.250. The molecule has 0 aliphatic carbocycles. The van der Waals surface area contributed by atoms with Gasteiger partial charge < -0.3 is 9.73 Å². The molecule has 0 fully saturated rings. The van der Waals surface area contributed by atoms with Crippen LogP contribution in [0.25, 0.3) is 5.65 Å². The zero-order valence-corrected chi connectivity index (χ0v) is 11.8. The first kappa shape index (κ1) is 13.4. The molecule has 1 atom stereocenters. The summed E-state index contributed by atoms with van der Waals surface area (Å²) in [5.41, 5.74) is 0.562. The molecule has 0 spiro atoms. The van der Waals surface area contributed by atoms with Crippen molar-refractivity contribution in [3.8, 4) is 0 Å². The number of hydrogen-bond donors (Lipinski definition) is 1. The van der Waals surface area contributed by atoms with Crippen molar-refractivity contribution in [3.05, 3.63) is 65.0 Å². The minimum absolute atomic E-state index is 0.0821. The summed E-state index contributed by atoms with van der Waals surface area (Å²) in [6.07, 6.45) is 5.16. The normalized spacial score (nSPS) is 12.4. The molecule has 3 aromatic rings. The Kier molecular flexibility index (Phi) is 3.73. The van der Waals surface area contributed by atoms with Gasteiger partial charge in [-0.05, 0) is 37.6 Å². The van der Waals surface area contributed by atoms with Crippen molar-refractivity contribution in [1.29, 1.82) is 0 Å². The largest absolute Gasteiger partial charge is 0.469 e. The van der Waals surface area contributed by atoms with E-state index in [0.29, 0.717) is 11.5 Å². The number of furan rings is 1. The van der Waals surface area contributed by atoms with Gasteiger partial charge in [0.15, 0.2) is 0 Å². The second-order valence-electron chi connectivity index (χ2n) is 5.07. The topological polar surface area (TPSA) is 59.5 Å². The second kappa shape index (κ2) is 5.83. The predicted molar refractivity (Wildman–Crippen MR) is 81.6 cm³/mol. The van der Waals surface area contributed by atoms with Crippen LogP contribution in [-0.4, -0.2) is 15.4 Å². The first-order valence-electron chi connectivity index (χ1n) is 7.00. The number of aryl methyl sites for hydroxylation is 1. The fourth-order valence-corrected chi connectivity index (χ4v) is 2.27. The van der Waals surface area contributed by atoms with E-state index in [1.54, 1.807) is 12.5 Å². The molecular formula is C16H17N3O2. The van der Waals surface area contributed by atoms with Gasteiger partial charge in [0.2, 0.25) is 0 Å². The lowest BCUT2D eigenvalue weighted by atomic mass is 10.1. The molecule has 0 amide bonds. The molecule has 0 saturated heterocycles. The second-order valence-corrected chi connectivity index (χ2v) is 5.07. The monoisotopic (exact) mass is 283 g/mol.